The molecule has 2 N–H and O–H groups in total. The minimum atomic E-state index is -0.391. The quantitative estimate of drug-likeness (QED) is 0.259. The number of carbonyl (C=O) groups excluding carboxylic acids is 2. The molecule has 1 aliphatic carbocycles. The largest absolute Gasteiger partial charge is 0.493 e. The Hall–Kier alpha value is -3.55. The van der Waals surface area contributed by atoms with E-state index >= 15 is 0 Å². The van der Waals surface area contributed by atoms with Gasteiger partial charge < -0.3 is 25.0 Å². The summed E-state index contributed by atoms with van der Waals surface area (Å²) in [7, 11) is 1.62. The van der Waals surface area contributed by atoms with Crippen LogP contribution in [0.4, 0.5) is 5.69 Å². The summed E-state index contributed by atoms with van der Waals surface area (Å²) in [5, 5.41) is 0.631. The highest BCUT2D eigenvalue weighted by molar-refractivity contribution is 6.30. The van der Waals surface area contributed by atoms with E-state index in [9.17, 15) is 9.59 Å². The van der Waals surface area contributed by atoms with Crippen LogP contribution >= 0.6 is 11.6 Å². The van der Waals surface area contributed by atoms with E-state index in [0.29, 0.717) is 23.1 Å². The Morgan fingerprint density at radius 1 is 1.05 bits per heavy atom. The lowest BCUT2D eigenvalue weighted by molar-refractivity contribution is -0.137. The lowest BCUT2D eigenvalue weighted by Gasteiger charge is -2.38. The molecule has 0 bridgehead atoms. The number of fused-ring (bicyclic) bond motifs is 1. The maximum Gasteiger partial charge on any atom is 0.232 e. The average Bonchev–Trinajstić information content (AvgIpc) is 3.47. The summed E-state index contributed by atoms with van der Waals surface area (Å²) < 4.78 is 11.9. The number of hydrogen-bond donors (Lipinski definition) is 1. The van der Waals surface area contributed by atoms with Gasteiger partial charge in [-0.25, -0.2) is 0 Å². The molecular weight excluding hydrogens is 574 g/mol. The fourth-order valence-electron chi connectivity index (χ4n) is 6.56. The highest BCUT2D eigenvalue weighted by Crippen LogP contribution is 2.44. The Kier molecular flexibility index (Phi) is 9.86. The number of methoxy groups -OCH3 is 1. The van der Waals surface area contributed by atoms with Gasteiger partial charge in [0.1, 0.15) is 0 Å². The molecule has 5 rings (SSSR count). The van der Waals surface area contributed by atoms with E-state index in [1.165, 1.54) is 0 Å². The van der Waals surface area contributed by atoms with Gasteiger partial charge in [0.2, 0.25) is 11.8 Å². The minimum absolute atomic E-state index is 0.00626. The summed E-state index contributed by atoms with van der Waals surface area (Å²) in [6, 6.07) is 19.3. The van der Waals surface area contributed by atoms with Crippen LogP contribution in [0.15, 0.2) is 60.7 Å². The molecule has 1 heterocycles. The van der Waals surface area contributed by atoms with Crippen molar-refractivity contribution in [3.05, 3.63) is 87.9 Å². The summed E-state index contributed by atoms with van der Waals surface area (Å²) in [4.78, 5) is 31.1. The number of halogens is 1. The third-order valence-electron chi connectivity index (χ3n) is 9.24. The molecular formula is C36H44ClN3O4. The van der Waals surface area contributed by atoms with Crippen LogP contribution in [0.25, 0.3) is 0 Å². The van der Waals surface area contributed by atoms with Gasteiger partial charge in [0, 0.05) is 29.2 Å². The lowest BCUT2D eigenvalue weighted by Crippen LogP contribution is -2.41. The number of ether oxygens (including phenoxy) is 2. The van der Waals surface area contributed by atoms with Crippen molar-refractivity contribution in [1.29, 1.82) is 0 Å². The van der Waals surface area contributed by atoms with Crippen LogP contribution in [0.1, 0.15) is 87.7 Å². The fourth-order valence-corrected chi connectivity index (χ4v) is 6.69. The molecule has 2 aliphatic rings. The first kappa shape index (κ1) is 31.9. The van der Waals surface area contributed by atoms with E-state index in [1.54, 1.807) is 7.11 Å². The number of nitrogens with two attached hydrogens (primary N) is 1. The Morgan fingerprint density at radius 2 is 1.75 bits per heavy atom. The normalized spacial score (nSPS) is 21.0. The van der Waals surface area contributed by atoms with E-state index in [1.807, 2.05) is 84.3 Å². The van der Waals surface area contributed by atoms with Crippen LogP contribution in [0, 0.1) is 5.92 Å². The third-order valence-corrected chi connectivity index (χ3v) is 9.50. The van der Waals surface area contributed by atoms with Crippen LogP contribution in [-0.2, 0) is 16.0 Å². The van der Waals surface area contributed by atoms with Gasteiger partial charge in [-0.15, -0.1) is 0 Å². The second-order valence-electron chi connectivity index (χ2n) is 12.1. The van der Waals surface area contributed by atoms with Gasteiger partial charge in [-0.2, -0.15) is 0 Å². The second-order valence-corrected chi connectivity index (χ2v) is 12.5. The van der Waals surface area contributed by atoms with Gasteiger partial charge in [-0.1, -0.05) is 42.8 Å². The molecule has 2 amide bonds. The zero-order valence-corrected chi connectivity index (χ0v) is 27.1. The molecule has 8 heteroatoms. The smallest absolute Gasteiger partial charge is 0.232 e. The maximum atomic E-state index is 13.9. The molecule has 0 saturated heterocycles. The molecule has 0 radical (unpaired) electrons. The topological polar surface area (TPSA) is 85.1 Å². The molecule has 3 aromatic carbocycles. The van der Waals surface area contributed by atoms with Crippen molar-refractivity contribution in [2.75, 3.05) is 18.6 Å². The van der Waals surface area contributed by atoms with Crippen LogP contribution < -0.4 is 20.1 Å². The average molecular weight is 618 g/mol. The van der Waals surface area contributed by atoms with Gasteiger partial charge in [0.15, 0.2) is 11.5 Å². The monoisotopic (exact) mass is 617 g/mol. The van der Waals surface area contributed by atoms with Gasteiger partial charge in [-0.3, -0.25) is 9.59 Å². The number of carbonyl (C=O) groups is 2. The van der Waals surface area contributed by atoms with Gasteiger partial charge >= 0.3 is 0 Å². The summed E-state index contributed by atoms with van der Waals surface area (Å²) in [5.41, 5.74) is 10.8. The van der Waals surface area contributed by atoms with Crippen LogP contribution in [-0.4, -0.2) is 42.5 Å². The third kappa shape index (κ3) is 6.45. The second kappa shape index (κ2) is 13.6. The molecule has 3 aromatic rings. The van der Waals surface area contributed by atoms with Crippen LogP contribution in [0.2, 0.25) is 5.02 Å². The Bertz CT molecular complexity index is 1480. The zero-order chi connectivity index (χ0) is 31.5. The predicted octanol–water partition coefficient (Wildman–Crippen LogP) is 7.24. The highest BCUT2D eigenvalue weighted by Gasteiger charge is 2.37. The number of nitrogens with zero attached hydrogens (tertiary/aromatic N) is 2. The van der Waals surface area contributed by atoms with E-state index in [2.05, 4.69) is 13.8 Å². The van der Waals surface area contributed by atoms with Crippen molar-refractivity contribution in [2.45, 2.75) is 84.0 Å². The van der Waals surface area contributed by atoms with E-state index in [4.69, 9.17) is 26.8 Å². The van der Waals surface area contributed by atoms with E-state index in [-0.39, 0.29) is 42.3 Å². The molecule has 0 spiro atoms. The summed E-state index contributed by atoms with van der Waals surface area (Å²) in [6.07, 6.45) is 3.60. The summed E-state index contributed by atoms with van der Waals surface area (Å²) >= 11 is 6.27. The molecule has 2 unspecified atom stereocenters. The Balaban J connectivity index is 1.51. The standard InChI is InChI=1S/C36H44ClN3O4/c1-6-22(3)44-33-21-31-27(19-32(33)43-5)20-34(41)40(35(31)25-8-13-28(37)14-9-25)30-16-11-24(12-17-30)23(4)39(7-2)36(42)26-10-15-29(38)18-26/h8-9,11-14,16-17,19,21-23,26,29,35H,6-7,10,15,18,20,38H2,1-5H3/t22-,23?,26-,29-,35?/m1/s1. The summed E-state index contributed by atoms with van der Waals surface area (Å²) in [5.74, 6) is 1.43. The summed E-state index contributed by atoms with van der Waals surface area (Å²) in [6.45, 7) is 8.82. The number of anilines is 1. The zero-order valence-electron chi connectivity index (χ0n) is 26.4. The molecule has 7 nitrogen and oxygen atoms in total. The molecule has 44 heavy (non-hydrogen) atoms. The molecule has 234 valence electrons. The SMILES string of the molecule is CC[C@@H](C)Oc1cc2c(cc1OC)CC(=O)N(c1ccc(C(C)N(CC)C(=O)[C@@H]3CC[C@@H](N)C3)cc1)C2c1ccc(Cl)cc1. The first-order chi connectivity index (χ1) is 21.1. The first-order valence-electron chi connectivity index (χ1n) is 15.8. The fraction of sp³-hybridized carbons (Fsp3) is 0.444. The van der Waals surface area contributed by atoms with Gasteiger partial charge in [0.25, 0.3) is 0 Å². The van der Waals surface area contributed by atoms with Crippen molar-refractivity contribution in [2.24, 2.45) is 11.7 Å². The predicted molar refractivity (Wildman–Crippen MR) is 175 cm³/mol. The molecule has 5 atom stereocenters. The highest BCUT2D eigenvalue weighted by atomic mass is 35.5. The van der Waals surface area contributed by atoms with Crippen LogP contribution in [0.5, 0.6) is 11.5 Å². The Morgan fingerprint density at radius 3 is 2.34 bits per heavy atom. The first-order valence-corrected chi connectivity index (χ1v) is 16.1. The maximum absolute atomic E-state index is 13.9. The lowest BCUT2D eigenvalue weighted by atomic mass is 9.86. The van der Waals surface area contributed by atoms with E-state index < -0.39 is 6.04 Å². The molecule has 0 aromatic heterocycles. The van der Waals surface area contributed by atoms with Crippen molar-refractivity contribution >= 4 is 29.1 Å². The molecule has 1 fully saturated rings. The van der Waals surface area contributed by atoms with Gasteiger partial charge in [-0.05, 0) is 105 Å². The van der Waals surface area contributed by atoms with Crippen molar-refractivity contribution < 1.29 is 19.1 Å². The number of benzene rings is 3. The molecule has 1 aliphatic heterocycles. The van der Waals surface area contributed by atoms with Crippen LogP contribution in [0.3, 0.4) is 0 Å². The van der Waals surface area contributed by atoms with Crippen molar-refractivity contribution in [3.63, 3.8) is 0 Å². The van der Waals surface area contributed by atoms with Crippen molar-refractivity contribution in [1.82, 2.24) is 4.90 Å². The number of rotatable bonds is 10. The number of amides is 2. The number of hydrogen-bond acceptors (Lipinski definition) is 5. The minimum Gasteiger partial charge on any atom is -0.493 e. The molecule has 1 saturated carbocycles. The van der Waals surface area contributed by atoms with Gasteiger partial charge in [0.05, 0.1) is 31.7 Å². The van der Waals surface area contributed by atoms with Crippen molar-refractivity contribution in [3.8, 4) is 11.5 Å². The Labute approximate surface area is 266 Å². The van der Waals surface area contributed by atoms with E-state index in [0.717, 1.165) is 53.6 Å².